The van der Waals surface area contributed by atoms with Crippen LogP contribution >= 0.6 is 0 Å². The van der Waals surface area contributed by atoms with Crippen LogP contribution in [0.4, 0.5) is 0 Å². The monoisotopic (exact) mass is 238 g/mol. The van der Waals surface area contributed by atoms with Crippen LogP contribution in [0, 0.1) is 27.7 Å². The summed E-state index contributed by atoms with van der Waals surface area (Å²) in [6.45, 7) is 9.03. The summed E-state index contributed by atoms with van der Waals surface area (Å²) in [5.74, 6) is 0. The second kappa shape index (κ2) is 2.48. The quantitative estimate of drug-likeness (QED) is 0.604. The molecule has 0 aliphatic heterocycles. The Hall–Kier alpha value is 0.270. The Labute approximate surface area is 66.5 Å². The predicted octanol–water partition coefficient (Wildman–Crippen LogP) is 1.98. The first-order valence-corrected chi connectivity index (χ1v) is 5.49. The van der Waals surface area contributed by atoms with Crippen molar-refractivity contribution in [1.29, 1.82) is 0 Å². The van der Waals surface area contributed by atoms with Crippen LogP contribution in [0.2, 0.25) is 0 Å². The Bertz CT molecular complexity index is 198. The van der Waals surface area contributed by atoms with Crippen molar-refractivity contribution in [2.45, 2.75) is 27.7 Å². The molecular formula is C8H12Te. The third-order valence-electron chi connectivity index (χ3n) is 1.92. The fourth-order valence-corrected chi connectivity index (χ4v) is 3.97. The van der Waals surface area contributed by atoms with Gasteiger partial charge in [-0.25, -0.2) is 0 Å². The Morgan fingerprint density at radius 2 is 1.11 bits per heavy atom. The van der Waals surface area contributed by atoms with Gasteiger partial charge >= 0.3 is 66.4 Å². The van der Waals surface area contributed by atoms with E-state index in [1.807, 2.05) is 0 Å². The maximum atomic E-state index is 2.28. The SMILES string of the molecule is Cc1[te]c(C)c(C)c1C. The molecule has 0 aromatic carbocycles. The van der Waals surface area contributed by atoms with Gasteiger partial charge in [0.05, 0.1) is 0 Å². The molecule has 0 fully saturated rings. The van der Waals surface area contributed by atoms with Gasteiger partial charge in [-0.2, -0.15) is 0 Å². The van der Waals surface area contributed by atoms with Crippen LogP contribution in [0.1, 0.15) is 18.3 Å². The fraction of sp³-hybridized carbons (Fsp3) is 0.500. The van der Waals surface area contributed by atoms with E-state index in [-0.39, 0.29) is 20.4 Å². The zero-order valence-electron chi connectivity index (χ0n) is 6.41. The van der Waals surface area contributed by atoms with Crippen molar-refractivity contribution < 1.29 is 0 Å². The first-order chi connectivity index (χ1) is 4.13. The van der Waals surface area contributed by atoms with Crippen LogP contribution in [-0.2, 0) is 0 Å². The molecule has 0 bridgehead atoms. The number of rotatable bonds is 0. The molecule has 0 amide bonds. The van der Waals surface area contributed by atoms with Gasteiger partial charge < -0.3 is 0 Å². The molecule has 0 atom stereocenters. The van der Waals surface area contributed by atoms with E-state index in [1.165, 1.54) is 0 Å². The minimum atomic E-state index is 0.130. The molecule has 1 aromatic heterocycles. The Morgan fingerprint density at radius 1 is 0.778 bits per heavy atom. The van der Waals surface area contributed by atoms with Gasteiger partial charge in [0.15, 0.2) is 0 Å². The third-order valence-corrected chi connectivity index (χ3v) is 5.42. The molecule has 1 rings (SSSR count). The minimum absolute atomic E-state index is 0.130. The zero-order valence-corrected chi connectivity index (χ0v) is 8.74. The third kappa shape index (κ3) is 1.23. The topological polar surface area (TPSA) is 0 Å². The van der Waals surface area contributed by atoms with Crippen molar-refractivity contribution in [3.63, 3.8) is 0 Å². The standard InChI is InChI=1S/C8H12Te/c1-5-6(2)8(4)9-7(5)3/h1-4H3. The number of hydrogen-bond donors (Lipinski definition) is 0. The molecular weight excluding hydrogens is 224 g/mol. The molecule has 0 saturated carbocycles. The Balaban J connectivity index is 3.29. The second-order valence-electron chi connectivity index (χ2n) is 2.46. The van der Waals surface area contributed by atoms with Gasteiger partial charge in [0.1, 0.15) is 0 Å². The van der Waals surface area contributed by atoms with Crippen LogP contribution in [0.25, 0.3) is 0 Å². The second-order valence-corrected chi connectivity index (χ2v) is 6.54. The van der Waals surface area contributed by atoms with E-state index in [4.69, 9.17) is 0 Å². The summed E-state index contributed by atoms with van der Waals surface area (Å²) in [5.41, 5.74) is 3.13. The molecule has 0 saturated heterocycles. The molecule has 0 N–H and O–H groups in total. The van der Waals surface area contributed by atoms with Crippen LogP contribution in [0.5, 0.6) is 0 Å². The van der Waals surface area contributed by atoms with E-state index in [0.29, 0.717) is 0 Å². The molecule has 1 heterocycles. The van der Waals surface area contributed by atoms with Gasteiger partial charge in [0.2, 0.25) is 0 Å². The zero-order chi connectivity index (χ0) is 7.02. The Morgan fingerprint density at radius 3 is 1.22 bits per heavy atom. The molecule has 0 radical (unpaired) electrons. The van der Waals surface area contributed by atoms with E-state index in [1.54, 1.807) is 18.3 Å². The summed E-state index contributed by atoms with van der Waals surface area (Å²) in [5, 5.41) is 0. The predicted molar refractivity (Wildman–Crippen MR) is 42.3 cm³/mol. The summed E-state index contributed by atoms with van der Waals surface area (Å²) in [4.78, 5) is 0. The molecule has 0 unspecified atom stereocenters. The van der Waals surface area contributed by atoms with Crippen LogP contribution < -0.4 is 0 Å². The van der Waals surface area contributed by atoms with Gasteiger partial charge in [-0.1, -0.05) is 0 Å². The summed E-state index contributed by atoms with van der Waals surface area (Å²) < 4.78 is 3.35. The molecule has 9 heavy (non-hydrogen) atoms. The number of aryl methyl sites for hydroxylation is 2. The van der Waals surface area contributed by atoms with Crippen LogP contribution in [0.3, 0.4) is 0 Å². The molecule has 50 valence electrons. The average molecular weight is 236 g/mol. The van der Waals surface area contributed by atoms with Crippen LogP contribution in [0.15, 0.2) is 0 Å². The van der Waals surface area contributed by atoms with Crippen molar-refractivity contribution in [1.82, 2.24) is 0 Å². The summed E-state index contributed by atoms with van der Waals surface area (Å²) in [7, 11) is 0. The van der Waals surface area contributed by atoms with Crippen molar-refractivity contribution in [2.75, 3.05) is 0 Å². The molecule has 0 spiro atoms. The van der Waals surface area contributed by atoms with Gasteiger partial charge in [0.25, 0.3) is 0 Å². The summed E-state index contributed by atoms with van der Waals surface area (Å²) in [6.07, 6.45) is 0. The van der Waals surface area contributed by atoms with E-state index < -0.39 is 0 Å². The van der Waals surface area contributed by atoms with Crippen molar-refractivity contribution >= 4 is 20.4 Å². The first-order valence-electron chi connectivity index (χ1n) is 3.16. The number of hydrogen-bond acceptors (Lipinski definition) is 0. The maximum absolute atomic E-state index is 2.28. The van der Waals surface area contributed by atoms with E-state index in [2.05, 4.69) is 27.7 Å². The molecule has 0 aliphatic carbocycles. The Kier molecular flexibility index (Phi) is 2.03. The van der Waals surface area contributed by atoms with Gasteiger partial charge in [0, 0.05) is 0 Å². The van der Waals surface area contributed by atoms with E-state index in [9.17, 15) is 0 Å². The summed E-state index contributed by atoms with van der Waals surface area (Å²) >= 11 is 0.130. The van der Waals surface area contributed by atoms with Gasteiger partial charge in [-0.05, 0) is 0 Å². The molecule has 0 nitrogen and oxygen atoms in total. The molecule has 1 heteroatoms. The van der Waals surface area contributed by atoms with E-state index >= 15 is 0 Å². The van der Waals surface area contributed by atoms with Crippen molar-refractivity contribution in [2.24, 2.45) is 0 Å². The summed E-state index contributed by atoms with van der Waals surface area (Å²) in [6, 6.07) is 0. The molecule has 0 aliphatic rings. The van der Waals surface area contributed by atoms with Gasteiger partial charge in [-0.3, -0.25) is 0 Å². The fourth-order valence-electron chi connectivity index (χ4n) is 0.911. The first kappa shape index (κ1) is 7.38. The van der Waals surface area contributed by atoms with Crippen LogP contribution in [-0.4, -0.2) is 20.4 Å². The average Bonchev–Trinajstić information content (AvgIpc) is 1.98. The van der Waals surface area contributed by atoms with Gasteiger partial charge in [-0.15, -0.1) is 0 Å². The van der Waals surface area contributed by atoms with Crippen molar-refractivity contribution in [3.8, 4) is 0 Å². The molecule has 1 aromatic rings. The normalized spacial score (nSPS) is 10.2. The van der Waals surface area contributed by atoms with Crippen molar-refractivity contribution in [3.05, 3.63) is 18.3 Å². The van der Waals surface area contributed by atoms with E-state index in [0.717, 1.165) is 0 Å².